The molecule has 1 aliphatic heterocycles. The van der Waals surface area contributed by atoms with E-state index in [1.165, 1.54) is 11.8 Å². The van der Waals surface area contributed by atoms with Crippen LogP contribution in [0.15, 0.2) is 0 Å². The predicted molar refractivity (Wildman–Crippen MR) is 60.3 cm³/mol. The van der Waals surface area contributed by atoms with Gasteiger partial charge in [-0.15, -0.1) is 0 Å². The number of hydrogen-bond donors (Lipinski definition) is 2. The Kier molecular flexibility index (Phi) is 4.93. The smallest absolute Gasteiger partial charge is 0.325 e. The van der Waals surface area contributed by atoms with Crippen molar-refractivity contribution in [2.24, 2.45) is 0 Å². The van der Waals surface area contributed by atoms with E-state index in [-0.39, 0.29) is 12.5 Å². The second kappa shape index (κ2) is 6.22. The molecule has 0 aliphatic carbocycles. The van der Waals surface area contributed by atoms with E-state index in [2.05, 4.69) is 5.32 Å². The Morgan fingerprint density at radius 1 is 1.41 bits per heavy atom. The lowest BCUT2D eigenvalue weighted by atomic mass is 10.2. The fourth-order valence-corrected chi connectivity index (χ4v) is 1.73. The standard InChI is InChI=1S/C11H18N2O4/c1-8(11(16)17)12-9(14)7-13-6-4-2-3-5-10(13)15/h8H,2-7H2,1H3,(H,12,14)(H,16,17)/t8-/m0/s1. The van der Waals surface area contributed by atoms with Crippen molar-refractivity contribution >= 4 is 17.8 Å². The number of carboxylic acid groups (broad SMARTS) is 1. The lowest BCUT2D eigenvalue weighted by Gasteiger charge is -2.20. The number of rotatable bonds is 4. The van der Waals surface area contributed by atoms with E-state index < -0.39 is 17.9 Å². The highest BCUT2D eigenvalue weighted by molar-refractivity contribution is 5.87. The summed E-state index contributed by atoms with van der Waals surface area (Å²) in [7, 11) is 0. The Hall–Kier alpha value is -1.59. The molecule has 0 aromatic carbocycles. The molecule has 1 heterocycles. The molecule has 0 aromatic heterocycles. The molecule has 1 rings (SSSR count). The second-order valence-electron chi connectivity index (χ2n) is 4.25. The van der Waals surface area contributed by atoms with Gasteiger partial charge in [-0.05, 0) is 19.8 Å². The first-order valence-electron chi connectivity index (χ1n) is 5.80. The van der Waals surface area contributed by atoms with Gasteiger partial charge in [-0.2, -0.15) is 0 Å². The van der Waals surface area contributed by atoms with Gasteiger partial charge in [0.2, 0.25) is 11.8 Å². The van der Waals surface area contributed by atoms with E-state index in [1.807, 2.05) is 0 Å². The monoisotopic (exact) mass is 242 g/mol. The fourth-order valence-electron chi connectivity index (χ4n) is 1.73. The van der Waals surface area contributed by atoms with E-state index in [9.17, 15) is 14.4 Å². The predicted octanol–water partition coefficient (Wildman–Crippen LogP) is -0.0217. The van der Waals surface area contributed by atoms with Crippen LogP contribution in [0.4, 0.5) is 0 Å². The first kappa shape index (κ1) is 13.5. The Bertz CT molecular complexity index is 317. The maximum absolute atomic E-state index is 11.6. The van der Waals surface area contributed by atoms with E-state index in [4.69, 9.17) is 5.11 Å². The molecular formula is C11H18N2O4. The van der Waals surface area contributed by atoms with Crippen LogP contribution in [0.2, 0.25) is 0 Å². The molecule has 96 valence electrons. The van der Waals surface area contributed by atoms with E-state index in [0.29, 0.717) is 13.0 Å². The summed E-state index contributed by atoms with van der Waals surface area (Å²) in [6.45, 7) is 1.93. The molecule has 0 spiro atoms. The first-order chi connectivity index (χ1) is 8.00. The number of nitrogens with zero attached hydrogens (tertiary/aromatic N) is 1. The van der Waals surface area contributed by atoms with Crippen molar-refractivity contribution in [3.8, 4) is 0 Å². The maximum Gasteiger partial charge on any atom is 0.325 e. The van der Waals surface area contributed by atoms with E-state index in [1.54, 1.807) is 0 Å². The number of hydrogen-bond acceptors (Lipinski definition) is 3. The van der Waals surface area contributed by atoms with Crippen LogP contribution in [-0.4, -0.2) is 46.9 Å². The third kappa shape index (κ3) is 4.42. The molecular weight excluding hydrogens is 224 g/mol. The molecule has 6 heteroatoms. The van der Waals surface area contributed by atoms with Crippen molar-refractivity contribution in [1.82, 2.24) is 10.2 Å². The van der Waals surface area contributed by atoms with Crippen LogP contribution in [0.1, 0.15) is 32.6 Å². The summed E-state index contributed by atoms with van der Waals surface area (Å²) in [6, 6.07) is -0.926. The molecule has 1 saturated heterocycles. The summed E-state index contributed by atoms with van der Waals surface area (Å²) in [5.74, 6) is -1.53. The quantitative estimate of drug-likeness (QED) is 0.725. The maximum atomic E-state index is 11.6. The molecule has 6 nitrogen and oxygen atoms in total. The molecule has 17 heavy (non-hydrogen) atoms. The van der Waals surface area contributed by atoms with E-state index in [0.717, 1.165) is 19.3 Å². The van der Waals surface area contributed by atoms with Crippen molar-refractivity contribution in [2.45, 2.75) is 38.6 Å². The molecule has 1 fully saturated rings. The zero-order chi connectivity index (χ0) is 12.8. The lowest BCUT2D eigenvalue weighted by molar-refractivity contribution is -0.142. The van der Waals surface area contributed by atoms with Crippen molar-refractivity contribution in [3.05, 3.63) is 0 Å². The summed E-state index contributed by atoms with van der Waals surface area (Å²) in [4.78, 5) is 35.2. The Balaban J connectivity index is 2.43. The number of amides is 2. The number of carbonyl (C=O) groups is 3. The molecule has 2 amide bonds. The van der Waals surface area contributed by atoms with Crippen molar-refractivity contribution in [2.75, 3.05) is 13.1 Å². The fraction of sp³-hybridized carbons (Fsp3) is 0.727. The minimum Gasteiger partial charge on any atom is -0.480 e. The third-order valence-corrected chi connectivity index (χ3v) is 2.75. The summed E-state index contributed by atoms with van der Waals surface area (Å²) in [5, 5.41) is 11.0. The SMILES string of the molecule is C[C@H](NC(=O)CN1CCCCCC1=O)C(=O)O. The Labute approximate surface area is 100.0 Å². The van der Waals surface area contributed by atoms with Crippen molar-refractivity contribution < 1.29 is 19.5 Å². The average Bonchev–Trinajstić information content (AvgIpc) is 2.44. The highest BCUT2D eigenvalue weighted by atomic mass is 16.4. The van der Waals surface area contributed by atoms with Gasteiger partial charge in [0.15, 0.2) is 0 Å². The van der Waals surface area contributed by atoms with Crippen LogP contribution in [0, 0.1) is 0 Å². The van der Waals surface area contributed by atoms with Gasteiger partial charge in [-0.3, -0.25) is 14.4 Å². The third-order valence-electron chi connectivity index (χ3n) is 2.75. The van der Waals surface area contributed by atoms with Gasteiger partial charge >= 0.3 is 5.97 Å². The lowest BCUT2D eigenvalue weighted by Crippen LogP contribution is -2.45. The van der Waals surface area contributed by atoms with Gasteiger partial charge < -0.3 is 15.3 Å². The number of carboxylic acids is 1. The second-order valence-corrected chi connectivity index (χ2v) is 4.25. The summed E-state index contributed by atoms with van der Waals surface area (Å²) < 4.78 is 0. The van der Waals surface area contributed by atoms with Gasteiger partial charge in [0.05, 0.1) is 6.54 Å². The number of nitrogens with one attached hydrogen (secondary N) is 1. The number of carbonyl (C=O) groups excluding carboxylic acids is 2. The Morgan fingerprint density at radius 3 is 2.76 bits per heavy atom. The largest absolute Gasteiger partial charge is 0.480 e. The minimum atomic E-state index is -1.08. The normalized spacial score (nSPS) is 18.4. The van der Waals surface area contributed by atoms with Crippen LogP contribution in [-0.2, 0) is 14.4 Å². The highest BCUT2D eigenvalue weighted by Crippen LogP contribution is 2.10. The summed E-state index contributed by atoms with van der Waals surface area (Å²) in [5.41, 5.74) is 0. The number of likely N-dealkylation sites (tertiary alicyclic amines) is 1. The Morgan fingerprint density at radius 2 is 2.12 bits per heavy atom. The van der Waals surface area contributed by atoms with Crippen molar-refractivity contribution in [1.29, 1.82) is 0 Å². The zero-order valence-corrected chi connectivity index (χ0v) is 9.94. The molecule has 1 atom stereocenters. The minimum absolute atomic E-state index is 0.0272. The van der Waals surface area contributed by atoms with Crippen LogP contribution in [0.25, 0.3) is 0 Å². The summed E-state index contributed by atoms with van der Waals surface area (Å²) >= 11 is 0. The van der Waals surface area contributed by atoms with Crippen molar-refractivity contribution in [3.63, 3.8) is 0 Å². The number of aliphatic carboxylic acids is 1. The molecule has 0 bridgehead atoms. The van der Waals surface area contributed by atoms with Crippen LogP contribution < -0.4 is 5.32 Å². The topological polar surface area (TPSA) is 86.7 Å². The molecule has 0 saturated carbocycles. The van der Waals surface area contributed by atoms with E-state index >= 15 is 0 Å². The van der Waals surface area contributed by atoms with Crippen LogP contribution in [0.5, 0.6) is 0 Å². The molecule has 0 radical (unpaired) electrons. The van der Waals surface area contributed by atoms with Gasteiger partial charge in [0.1, 0.15) is 6.04 Å². The molecule has 0 aromatic rings. The summed E-state index contributed by atoms with van der Waals surface area (Å²) in [6.07, 6.45) is 3.23. The highest BCUT2D eigenvalue weighted by Gasteiger charge is 2.21. The molecule has 1 aliphatic rings. The van der Waals surface area contributed by atoms with Gasteiger partial charge in [0, 0.05) is 13.0 Å². The van der Waals surface area contributed by atoms with Gasteiger partial charge in [-0.1, -0.05) is 6.42 Å². The first-order valence-corrected chi connectivity index (χ1v) is 5.80. The van der Waals surface area contributed by atoms with Gasteiger partial charge in [0.25, 0.3) is 0 Å². The van der Waals surface area contributed by atoms with Crippen LogP contribution >= 0.6 is 0 Å². The molecule has 0 unspecified atom stereocenters. The zero-order valence-electron chi connectivity index (χ0n) is 9.94. The average molecular weight is 242 g/mol. The van der Waals surface area contributed by atoms with Crippen LogP contribution in [0.3, 0.4) is 0 Å². The van der Waals surface area contributed by atoms with Gasteiger partial charge in [-0.25, -0.2) is 0 Å². The molecule has 2 N–H and O–H groups in total.